The summed E-state index contributed by atoms with van der Waals surface area (Å²) in [7, 11) is -1.35. The summed E-state index contributed by atoms with van der Waals surface area (Å²) in [6.45, 7) is 1.69. The van der Waals surface area contributed by atoms with Crippen LogP contribution in [-0.2, 0) is 14.8 Å². The number of carbonyl (C=O) groups is 1. The van der Waals surface area contributed by atoms with Gasteiger partial charge in [-0.1, -0.05) is 0 Å². The van der Waals surface area contributed by atoms with E-state index in [0.29, 0.717) is 0 Å². The van der Waals surface area contributed by atoms with Crippen LogP contribution in [0.15, 0.2) is 23.1 Å². The van der Waals surface area contributed by atoms with Gasteiger partial charge in [0.25, 0.3) is 0 Å². The average Bonchev–Trinajstić information content (AvgIpc) is 2.43. The highest BCUT2D eigenvalue weighted by Gasteiger charge is 2.27. The lowest BCUT2D eigenvalue weighted by Gasteiger charge is -2.19. The molecule has 3 N–H and O–H groups in total. The first-order valence-corrected chi connectivity index (χ1v) is 7.76. The molecule has 1 aromatic carbocycles. The third-order valence-corrected chi connectivity index (χ3v) is 4.86. The van der Waals surface area contributed by atoms with Crippen LogP contribution in [0.2, 0.25) is 0 Å². The Morgan fingerprint density at radius 3 is 2.62 bits per heavy atom. The first-order valence-electron chi connectivity index (χ1n) is 6.32. The fourth-order valence-corrected chi connectivity index (χ4v) is 3.08. The molecule has 21 heavy (non-hydrogen) atoms. The molecular formula is C13H20N2O5S. The molecule has 0 fully saturated rings. The molecule has 7 nitrogen and oxygen atoms in total. The number of rotatable bonds is 6. The fraction of sp³-hybridized carbons (Fsp3) is 0.462. The fourth-order valence-electron chi connectivity index (χ4n) is 1.69. The van der Waals surface area contributed by atoms with Crippen molar-refractivity contribution in [3.63, 3.8) is 0 Å². The largest absolute Gasteiger partial charge is 0.465 e. The first kappa shape index (κ1) is 17.4. The van der Waals surface area contributed by atoms with Gasteiger partial charge in [0, 0.05) is 19.3 Å². The van der Waals surface area contributed by atoms with E-state index in [1.165, 1.54) is 32.4 Å². The number of ether oxygens (including phenoxy) is 1. The number of nitrogens with two attached hydrogens (primary N) is 1. The maximum atomic E-state index is 12.5. The molecule has 0 heterocycles. The molecule has 0 aliphatic heterocycles. The van der Waals surface area contributed by atoms with Gasteiger partial charge in [-0.15, -0.1) is 0 Å². The topological polar surface area (TPSA) is 110 Å². The van der Waals surface area contributed by atoms with Gasteiger partial charge in [-0.3, -0.25) is 0 Å². The lowest BCUT2D eigenvalue weighted by atomic mass is 10.2. The number of hydrogen-bond acceptors (Lipinski definition) is 6. The molecule has 1 rings (SSSR count). The van der Waals surface area contributed by atoms with E-state index in [-0.39, 0.29) is 29.1 Å². The number of hydrogen-bond donors (Lipinski definition) is 2. The Morgan fingerprint density at radius 2 is 2.10 bits per heavy atom. The Bertz CT molecular complexity index is 613. The third-order valence-electron chi connectivity index (χ3n) is 2.96. The van der Waals surface area contributed by atoms with E-state index >= 15 is 0 Å². The van der Waals surface area contributed by atoms with Gasteiger partial charge in [-0.25, -0.2) is 17.5 Å². The summed E-state index contributed by atoms with van der Waals surface area (Å²) < 4.78 is 30.7. The van der Waals surface area contributed by atoms with E-state index in [0.717, 1.165) is 4.31 Å². The third kappa shape index (κ3) is 4.16. The van der Waals surface area contributed by atoms with Crippen LogP contribution < -0.4 is 5.73 Å². The number of nitrogens with zero attached hydrogens (tertiary/aromatic N) is 1. The summed E-state index contributed by atoms with van der Waals surface area (Å²) in [4.78, 5) is 11.5. The van der Waals surface area contributed by atoms with Crippen LogP contribution in [0.3, 0.4) is 0 Å². The summed E-state index contributed by atoms with van der Waals surface area (Å²) in [5.74, 6) is -0.752. The van der Waals surface area contributed by atoms with Crippen LogP contribution in [0.25, 0.3) is 0 Å². The minimum absolute atomic E-state index is 0.0735. The number of aliphatic hydroxyl groups excluding tert-OH is 1. The molecule has 0 saturated carbocycles. The zero-order chi connectivity index (χ0) is 16.2. The molecule has 1 unspecified atom stereocenters. The normalized spacial score (nSPS) is 13.2. The van der Waals surface area contributed by atoms with E-state index in [9.17, 15) is 18.3 Å². The summed E-state index contributed by atoms with van der Waals surface area (Å²) in [5, 5.41) is 9.25. The lowest BCUT2D eigenvalue weighted by molar-refractivity contribution is 0.0596. The van der Waals surface area contributed by atoms with E-state index in [2.05, 4.69) is 4.74 Å². The Morgan fingerprint density at radius 1 is 1.48 bits per heavy atom. The average molecular weight is 316 g/mol. The zero-order valence-corrected chi connectivity index (χ0v) is 13.1. The number of esters is 1. The van der Waals surface area contributed by atoms with Gasteiger partial charge in [0.05, 0.1) is 23.7 Å². The Balaban J connectivity index is 3.23. The number of nitrogen functional groups attached to an aromatic ring is 1. The van der Waals surface area contributed by atoms with Crippen molar-refractivity contribution < 1.29 is 23.1 Å². The molecular weight excluding hydrogens is 296 g/mol. The van der Waals surface area contributed by atoms with Gasteiger partial charge in [0.1, 0.15) is 0 Å². The highest BCUT2D eigenvalue weighted by Crippen LogP contribution is 2.23. The highest BCUT2D eigenvalue weighted by molar-refractivity contribution is 7.89. The predicted octanol–water partition coefficient (Wildman–Crippen LogP) is 0.447. The molecule has 8 heteroatoms. The molecule has 118 valence electrons. The van der Waals surface area contributed by atoms with Crippen molar-refractivity contribution in [1.82, 2.24) is 4.31 Å². The van der Waals surface area contributed by atoms with E-state index in [4.69, 9.17) is 5.73 Å². The molecule has 0 aliphatic rings. The van der Waals surface area contributed by atoms with Crippen molar-refractivity contribution >= 4 is 21.7 Å². The Kier molecular flexibility index (Phi) is 5.70. The molecule has 0 bridgehead atoms. The second kappa shape index (κ2) is 6.88. The standard InChI is InChI=1S/C13H20N2O5S/c1-9(16)6-7-15(2)21(18,19)12-8-10(14)4-5-11(12)13(17)20-3/h4-5,8-9,16H,6-7,14H2,1-3H3. The summed E-state index contributed by atoms with van der Waals surface area (Å²) >= 11 is 0. The number of aliphatic hydroxyl groups is 1. The van der Waals surface area contributed by atoms with Crippen LogP contribution in [0.1, 0.15) is 23.7 Å². The van der Waals surface area contributed by atoms with Crippen LogP contribution in [-0.4, -0.2) is 50.6 Å². The van der Waals surface area contributed by atoms with Crippen molar-refractivity contribution in [2.24, 2.45) is 0 Å². The molecule has 0 aliphatic carbocycles. The van der Waals surface area contributed by atoms with E-state index in [1.807, 2.05) is 0 Å². The number of benzene rings is 1. The maximum Gasteiger partial charge on any atom is 0.339 e. The molecule has 1 atom stereocenters. The van der Waals surface area contributed by atoms with Crippen LogP contribution in [0.4, 0.5) is 5.69 Å². The molecule has 0 spiro atoms. The summed E-state index contributed by atoms with van der Waals surface area (Å²) in [6.07, 6.45) is -0.338. The van der Waals surface area contributed by atoms with Crippen LogP contribution >= 0.6 is 0 Å². The highest BCUT2D eigenvalue weighted by atomic mass is 32.2. The Hall–Kier alpha value is -1.64. The van der Waals surface area contributed by atoms with Gasteiger partial charge in [-0.2, -0.15) is 0 Å². The molecule has 0 amide bonds. The van der Waals surface area contributed by atoms with E-state index < -0.39 is 22.1 Å². The molecule has 0 saturated heterocycles. The van der Waals surface area contributed by atoms with Crippen molar-refractivity contribution in [3.05, 3.63) is 23.8 Å². The first-order chi connectivity index (χ1) is 9.70. The van der Waals surface area contributed by atoms with Gasteiger partial charge in [0.2, 0.25) is 10.0 Å². The van der Waals surface area contributed by atoms with Crippen LogP contribution in [0.5, 0.6) is 0 Å². The summed E-state index contributed by atoms with van der Waals surface area (Å²) in [5.41, 5.74) is 5.77. The number of sulfonamides is 1. The monoisotopic (exact) mass is 316 g/mol. The second-order valence-corrected chi connectivity index (χ2v) is 6.72. The predicted molar refractivity (Wildman–Crippen MR) is 78.3 cm³/mol. The summed E-state index contributed by atoms with van der Waals surface area (Å²) in [6, 6.07) is 3.97. The van der Waals surface area contributed by atoms with Gasteiger partial charge >= 0.3 is 5.97 Å². The zero-order valence-electron chi connectivity index (χ0n) is 12.2. The van der Waals surface area contributed by atoms with Crippen LogP contribution in [0, 0.1) is 0 Å². The number of methoxy groups -OCH3 is 1. The van der Waals surface area contributed by atoms with Crippen molar-refractivity contribution in [2.75, 3.05) is 26.4 Å². The minimum atomic E-state index is -3.90. The van der Waals surface area contributed by atoms with Crippen molar-refractivity contribution in [3.8, 4) is 0 Å². The lowest BCUT2D eigenvalue weighted by Crippen LogP contribution is -2.31. The van der Waals surface area contributed by atoms with E-state index in [1.54, 1.807) is 6.92 Å². The quantitative estimate of drug-likeness (QED) is 0.582. The van der Waals surface area contributed by atoms with Crippen molar-refractivity contribution in [1.29, 1.82) is 0 Å². The number of anilines is 1. The molecule has 1 aromatic rings. The SMILES string of the molecule is COC(=O)c1ccc(N)cc1S(=O)(=O)N(C)CCC(C)O. The Labute approximate surface area is 124 Å². The van der Waals surface area contributed by atoms with Gasteiger partial charge in [-0.05, 0) is 31.5 Å². The van der Waals surface area contributed by atoms with Gasteiger partial charge < -0.3 is 15.6 Å². The second-order valence-electron chi connectivity index (χ2n) is 4.71. The molecule has 0 radical (unpaired) electrons. The smallest absolute Gasteiger partial charge is 0.339 e. The molecule has 0 aromatic heterocycles. The van der Waals surface area contributed by atoms with Gasteiger partial charge in [0.15, 0.2) is 0 Å². The maximum absolute atomic E-state index is 12.5. The van der Waals surface area contributed by atoms with Crippen molar-refractivity contribution in [2.45, 2.75) is 24.3 Å². The number of carbonyl (C=O) groups excluding carboxylic acids is 1. The minimum Gasteiger partial charge on any atom is -0.465 e.